The second-order valence-electron chi connectivity index (χ2n) is 4.36. The number of aryl methyl sites for hydroxylation is 1. The molecule has 0 saturated carbocycles. The normalized spacial score (nSPS) is 10.5. The number of phenolic OH excluding ortho intramolecular Hbond substituents is 2. The maximum atomic E-state index is 9.88. The minimum absolute atomic E-state index is 0.264. The largest absolute Gasteiger partial charge is 0.507 e. The highest BCUT2D eigenvalue weighted by Gasteiger charge is 2.12. The fourth-order valence-corrected chi connectivity index (χ4v) is 2.05. The standard InChI is InChI=1S/C15H16O2/c1-9-8-13(10(2)11(3)15(9)17)12-6-4-5-7-14(12)16/h4-8,16-17H,1-3H3. The summed E-state index contributed by atoms with van der Waals surface area (Å²) in [6, 6.07) is 9.16. The molecule has 0 aliphatic heterocycles. The van der Waals surface area contributed by atoms with E-state index in [2.05, 4.69) is 0 Å². The molecule has 0 aliphatic rings. The van der Waals surface area contributed by atoms with Crippen molar-refractivity contribution in [2.24, 2.45) is 0 Å². The second kappa shape index (κ2) is 4.13. The zero-order valence-electron chi connectivity index (χ0n) is 10.3. The van der Waals surface area contributed by atoms with E-state index >= 15 is 0 Å². The second-order valence-corrected chi connectivity index (χ2v) is 4.36. The Bertz CT molecular complexity index is 571. The summed E-state index contributed by atoms with van der Waals surface area (Å²) in [6.45, 7) is 5.71. The Morgan fingerprint density at radius 2 is 1.47 bits per heavy atom. The molecule has 2 heteroatoms. The third kappa shape index (κ3) is 1.86. The van der Waals surface area contributed by atoms with Crippen molar-refractivity contribution in [2.75, 3.05) is 0 Å². The molecule has 17 heavy (non-hydrogen) atoms. The van der Waals surface area contributed by atoms with Crippen LogP contribution in [-0.2, 0) is 0 Å². The topological polar surface area (TPSA) is 40.5 Å². The summed E-state index contributed by atoms with van der Waals surface area (Å²) in [5.41, 5.74) is 4.45. The van der Waals surface area contributed by atoms with Crippen LogP contribution in [-0.4, -0.2) is 10.2 Å². The molecular formula is C15H16O2. The van der Waals surface area contributed by atoms with Gasteiger partial charge in [-0.1, -0.05) is 18.2 Å². The number of rotatable bonds is 1. The summed E-state index contributed by atoms with van der Waals surface area (Å²) in [4.78, 5) is 0. The van der Waals surface area contributed by atoms with E-state index in [9.17, 15) is 10.2 Å². The molecule has 2 aromatic carbocycles. The molecule has 0 aromatic heterocycles. The number of para-hydroxylation sites is 1. The Labute approximate surface area is 101 Å². The number of aromatic hydroxyl groups is 2. The van der Waals surface area contributed by atoms with E-state index in [1.54, 1.807) is 12.1 Å². The minimum atomic E-state index is 0.264. The first-order valence-electron chi connectivity index (χ1n) is 5.60. The van der Waals surface area contributed by atoms with E-state index in [0.29, 0.717) is 5.75 Å². The van der Waals surface area contributed by atoms with Crippen LogP contribution < -0.4 is 0 Å². The van der Waals surface area contributed by atoms with Gasteiger partial charge in [0.05, 0.1) is 0 Å². The molecule has 2 aromatic rings. The smallest absolute Gasteiger partial charge is 0.123 e. The molecule has 0 saturated heterocycles. The zero-order valence-corrected chi connectivity index (χ0v) is 10.3. The van der Waals surface area contributed by atoms with Gasteiger partial charge in [-0.25, -0.2) is 0 Å². The van der Waals surface area contributed by atoms with Gasteiger partial charge < -0.3 is 10.2 Å². The predicted octanol–water partition coefficient (Wildman–Crippen LogP) is 3.69. The van der Waals surface area contributed by atoms with Crippen LogP contribution in [0.1, 0.15) is 16.7 Å². The summed E-state index contributed by atoms with van der Waals surface area (Å²) in [5, 5.41) is 19.7. The zero-order chi connectivity index (χ0) is 12.6. The third-order valence-corrected chi connectivity index (χ3v) is 3.25. The van der Waals surface area contributed by atoms with Crippen LogP contribution in [0.3, 0.4) is 0 Å². The van der Waals surface area contributed by atoms with E-state index in [1.165, 1.54) is 0 Å². The summed E-state index contributed by atoms with van der Waals surface area (Å²) in [5.74, 6) is 0.599. The molecule has 0 aliphatic carbocycles. The highest BCUT2D eigenvalue weighted by atomic mass is 16.3. The fourth-order valence-electron chi connectivity index (χ4n) is 2.05. The monoisotopic (exact) mass is 228 g/mol. The average Bonchev–Trinajstić information content (AvgIpc) is 2.32. The highest BCUT2D eigenvalue weighted by Crippen LogP contribution is 2.36. The number of phenols is 2. The minimum Gasteiger partial charge on any atom is -0.507 e. The fraction of sp³-hybridized carbons (Fsp3) is 0.200. The summed E-state index contributed by atoms with van der Waals surface area (Å²) in [7, 11) is 0. The van der Waals surface area contributed by atoms with E-state index < -0.39 is 0 Å². The van der Waals surface area contributed by atoms with Gasteiger partial charge in [0.15, 0.2) is 0 Å². The molecule has 0 amide bonds. The first-order valence-corrected chi connectivity index (χ1v) is 5.60. The van der Waals surface area contributed by atoms with Crippen LogP contribution in [0, 0.1) is 20.8 Å². The van der Waals surface area contributed by atoms with E-state index in [4.69, 9.17) is 0 Å². The lowest BCUT2D eigenvalue weighted by molar-refractivity contribution is 0.466. The molecule has 2 nitrogen and oxygen atoms in total. The summed E-state index contributed by atoms with van der Waals surface area (Å²) in [6.07, 6.45) is 0. The molecule has 0 atom stereocenters. The lowest BCUT2D eigenvalue weighted by Gasteiger charge is -2.14. The van der Waals surface area contributed by atoms with Gasteiger partial charge in [-0.2, -0.15) is 0 Å². The van der Waals surface area contributed by atoms with Crippen LogP contribution in [0.2, 0.25) is 0 Å². The number of benzene rings is 2. The van der Waals surface area contributed by atoms with Crippen LogP contribution in [0.5, 0.6) is 11.5 Å². The van der Waals surface area contributed by atoms with Crippen molar-refractivity contribution in [1.29, 1.82) is 0 Å². The molecule has 0 bridgehead atoms. The van der Waals surface area contributed by atoms with E-state index in [1.807, 2.05) is 39.0 Å². The average molecular weight is 228 g/mol. The maximum absolute atomic E-state index is 9.88. The predicted molar refractivity (Wildman–Crippen MR) is 69.4 cm³/mol. The van der Waals surface area contributed by atoms with Gasteiger partial charge >= 0.3 is 0 Å². The summed E-state index contributed by atoms with van der Waals surface area (Å²) < 4.78 is 0. The van der Waals surface area contributed by atoms with Gasteiger partial charge in [-0.05, 0) is 55.2 Å². The van der Waals surface area contributed by atoms with Crippen LogP contribution in [0.25, 0.3) is 11.1 Å². The Balaban J connectivity index is 2.73. The Morgan fingerprint density at radius 1 is 0.824 bits per heavy atom. The molecular weight excluding hydrogens is 212 g/mol. The van der Waals surface area contributed by atoms with Crippen molar-refractivity contribution in [3.8, 4) is 22.6 Å². The van der Waals surface area contributed by atoms with Crippen molar-refractivity contribution in [2.45, 2.75) is 20.8 Å². The molecule has 88 valence electrons. The van der Waals surface area contributed by atoms with E-state index in [0.717, 1.165) is 27.8 Å². The van der Waals surface area contributed by atoms with Crippen molar-refractivity contribution >= 4 is 0 Å². The first kappa shape index (κ1) is 11.5. The number of hydrogen-bond donors (Lipinski definition) is 2. The van der Waals surface area contributed by atoms with Gasteiger partial charge in [0.25, 0.3) is 0 Å². The third-order valence-electron chi connectivity index (χ3n) is 3.25. The van der Waals surface area contributed by atoms with Crippen molar-refractivity contribution < 1.29 is 10.2 Å². The highest BCUT2D eigenvalue weighted by molar-refractivity contribution is 5.75. The number of hydrogen-bond acceptors (Lipinski definition) is 2. The molecule has 0 fully saturated rings. The molecule has 2 N–H and O–H groups in total. The molecule has 0 heterocycles. The Morgan fingerprint density at radius 3 is 2.12 bits per heavy atom. The van der Waals surface area contributed by atoms with Gasteiger partial charge in [-0.3, -0.25) is 0 Å². The summed E-state index contributed by atoms with van der Waals surface area (Å²) >= 11 is 0. The lowest BCUT2D eigenvalue weighted by Crippen LogP contribution is -1.91. The van der Waals surface area contributed by atoms with Crippen LogP contribution >= 0.6 is 0 Å². The quantitative estimate of drug-likeness (QED) is 0.781. The molecule has 0 spiro atoms. The van der Waals surface area contributed by atoms with Crippen molar-refractivity contribution in [3.05, 3.63) is 47.0 Å². The Kier molecular flexibility index (Phi) is 2.80. The van der Waals surface area contributed by atoms with E-state index in [-0.39, 0.29) is 5.75 Å². The van der Waals surface area contributed by atoms with Gasteiger partial charge in [0, 0.05) is 5.56 Å². The molecule has 0 radical (unpaired) electrons. The maximum Gasteiger partial charge on any atom is 0.123 e. The first-order chi connectivity index (χ1) is 8.02. The van der Waals surface area contributed by atoms with Crippen molar-refractivity contribution in [3.63, 3.8) is 0 Å². The van der Waals surface area contributed by atoms with Crippen molar-refractivity contribution in [1.82, 2.24) is 0 Å². The van der Waals surface area contributed by atoms with Gasteiger partial charge in [-0.15, -0.1) is 0 Å². The van der Waals surface area contributed by atoms with Gasteiger partial charge in [0.2, 0.25) is 0 Å². The van der Waals surface area contributed by atoms with Crippen LogP contribution in [0.4, 0.5) is 0 Å². The Hall–Kier alpha value is -1.96. The SMILES string of the molecule is Cc1cc(-c2ccccc2O)c(C)c(C)c1O. The van der Waals surface area contributed by atoms with Crippen LogP contribution in [0.15, 0.2) is 30.3 Å². The molecule has 2 rings (SSSR count). The van der Waals surface area contributed by atoms with Gasteiger partial charge in [0.1, 0.15) is 11.5 Å². The molecule has 0 unspecified atom stereocenters. The lowest BCUT2D eigenvalue weighted by atomic mass is 9.93.